The van der Waals surface area contributed by atoms with E-state index in [9.17, 15) is 4.39 Å². The average molecular weight is 295 g/mol. The summed E-state index contributed by atoms with van der Waals surface area (Å²) in [5.41, 5.74) is 1.03. The highest BCUT2D eigenvalue weighted by Crippen LogP contribution is 2.34. The Balaban J connectivity index is 2.39. The van der Waals surface area contributed by atoms with Gasteiger partial charge in [-0.25, -0.2) is 4.39 Å². The number of rotatable bonds is 5. The van der Waals surface area contributed by atoms with Gasteiger partial charge in [-0.3, -0.25) is 0 Å². The molecule has 0 atom stereocenters. The zero-order chi connectivity index (χ0) is 14.8. The molecular weight excluding hydrogens is 273 g/mol. The van der Waals surface area contributed by atoms with E-state index in [1.165, 1.54) is 6.07 Å². The summed E-state index contributed by atoms with van der Waals surface area (Å²) < 4.78 is 20.6. The predicted octanol–water partition coefficient (Wildman–Crippen LogP) is 4.47. The Kier molecular flexibility index (Phi) is 4.78. The van der Waals surface area contributed by atoms with Gasteiger partial charge in [-0.2, -0.15) is 0 Å². The van der Waals surface area contributed by atoms with Crippen LogP contribution in [0.25, 0.3) is 10.1 Å². The zero-order valence-corrected chi connectivity index (χ0v) is 13.4. The Bertz CT molecular complexity index is 586. The molecule has 0 spiro atoms. The van der Waals surface area contributed by atoms with Gasteiger partial charge in [0.1, 0.15) is 5.82 Å². The molecular formula is C16H22FNOS. The van der Waals surface area contributed by atoms with E-state index in [4.69, 9.17) is 4.74 Å². The summed E-state index contributed by atoms with van der Waals surface area (Å²) in [6.45, 7) is 10.2. The summed E-state index contributed by atoms with van der Waals surface area (Å²) in [5, 5.41) is 4.19. The number of hydrogen-bond donors (Lipinski definition) is 1. The number of benzene rings is 1. The summed E-state index contributed by atoms with van der Waals surface area (Å²) in [4.78, 5) is 1.16. The molecule has 0 amide bonds. The van der Waals surface area contributed by atoms with Gasteiger partial charge < -0.3 is 10.1 Å². The van der Waals surface area contributed by atoms with E-state index in [0.29, 0.717) is 13.2 Å². The first kappa shape index (κ1) is 15.4. The summed E-state index contributed by atoms with van der Waals surface area (Å²) in [6, 6.07) is 5.25. The fourth-order valence-corrected chi connectivity index (χ4v) is 3.22. The molecule has 1 heterocycles. The Hall–Kier alpha value is -0.970. The maximum atomic E-state index is 14.1. The third-order valence-electron chi connectivity index (χ3n) is 3.08. The van der Waals surface area contributed by atoms with Gasteiger partial charge in [0, 0.05) is 39.2 Å². The maximum absolute atomic E-state index is 14.1. The van der Waals surface area contributed by atoms with Crippen molar-refractivity contribution in [3.8, 4) is 0 Å². The lowest BCUT2D eigenvalue weighted by Gasteiger charge is -2.20. The number of thiophene rings is 1. The first-order chi connectivity index (χ1) is 9.42. The molecule has 110 valence electrons. The Morgan fingerprint density at radius 3 is 2.70 bits per heavy atom. The van der Waals surface area contributed by atoms with Crippen molar-refractivity contribution in [3.63, 3.8) is 0 Å². The number of fused-ring (bicyclic) bond motifs is 1. The lowest BCUT2D eigenvalue weighted by Crippen LogP contribution is -2.35. The van der Waals surface area contributed by atoms with E-state index in [-0.39, 0.29) is 11.4 Å². The predicted molar refractivity (Wildman–Crippen MR) is 83.7 cm³/mol. The second-order valence-electron chi connectivity index (χ2n) is 5.86. The molecule has 0 radical (unpaired) electrons. The average Bonchev–Trinajstić information content (AvgIpc) is 2.72. The van der Waals surface area contributed by atoms with E-state index < -0.39 is 0 Å². The summed E-state index contributed by atoms with van der Waals surface area (Å²) in [6.07, 6.45) is 0. The molecule has 0 fully saturated rings. The van der Waals surface area contributed by atoms with Crippen LogP contribution in [0.4, 0.5) is 4.39 Å². The number of ether oxygens (including phenoxy) is 1. The SMILES string of the molecule is CCOCc1c(CNC(C)(C)C)sc2cccc(F)c12. The van der Waals surface area contributed by atoms with Crippen LogP contribution in [0.5, 0.6) is 0 Å². The van der Waals surface area contributed by atoms with E-state index in [2.05, 4.69) is 26.1 Å². The first-order valence-corrected chi connectivity index (χ1v) is 7.75. The molecule has 2 nitrogen and oxygen atoms in total. The number of hydrogen-bond acceptors (Lipinski definition) is 3. The lowest BCUT2D eigenvalue weighted by atomic mass is 10.1. The Morgan fingerprint density at radius 2 is 2.05 bits per heavy atom. The van der Waals surface area contributed by atoms with Crippen LogP contribution >= 0.6 is 11.3 Å². The molecule has 2 aromatic rings. The molecule has 0 saturated heterocycles. The Morgan fingerprint density at radius 1 is 1.30 bits per heavy atom. The molecule has 0 unspecified atom stereocenters. The van der Waals surface area contributed by atoms with Crippen molar-refractivity contribution in [2.24, 2.45) is 0 Å². The first-order valence-electron chi connectivity index (χ1n) is 6.94. The maximum Gasteiger partial charge on any atom is 0.132 e. The van der Waals surface area contributed by atoms with Crippen molar-refractivity contribution in [3.05, 3.63) is 34.5 Å². The molecule has 0 aliphatic heterocycles. The Labute approximate surface area is 124 Å². The van der Waals surface area contributed by atoms with Crippen LogP contribution in [0.3, 0.4) is 0 Å². The van der Waals surface area contributed by atoms with Gasteiger partial charge >= 0.3 is 0 Å². The van der Waals surface area contributed by atoms with Crippen molar-refractivity contribution < 1.29 is 9.13 Å². The van der Waals surface area contributed by atoms with Gasteiger partial charge in [-0.05, 0) is 39.8 Å². The quantitative estimate of drug-likeness (QED) is 0.879. The second-order valence-corrected chi connectivity index (χ2v) is 6.99. The standard InChI is InChI=1S/C16H22FNOS/c1-5-19-10-11-14(9-18-16(2,3)4)20-13-8-6-7-12(17)15(11)13/h6-8,18H,5,9-10H2,1-4H3. The van der Waals surface area contributed by atoms with Crippen molar-refractivity contribution in [2.75, 3.05) is 6.61 Å². The van der Waals surface area contributed by atoms with Crippen LogP contribution in [-0.4, -0.2) is 12.1 Å². The van der Waals surface area contributed by atoms with Crippen LogP contribution in [0.15, 0.2) is 18.2 Å². The number of nitrogens with one attached hydrogen (secondary N) is 1. The fourth-order valence-electron chi connectivity index (χ4n) is 2.06. The molecule has 4 heteroatoms. The third kappa shape index (κ3) is 3.57. The van der Waals surface area contributed by atoms with E-state index in [1.54, 1.807) is 17.4 Å². The summed E-state index contributed by atoms with van der Waals surface area (Å²) in [7, 11) is 0. The van der Waals surface area contributed by atoms with E-state index >= 15 is 0 Å². The van der Waals surface area contributed by atoms with Gasteiger partial charge in [0.05, 0.1) is 6.61 Å². The van der Waals surface area contributed by atoms with Crippen LogP contribution < -0.4 is 5.32 Å². The van der Waals surface area contributed by atoms with Crippen molar-refractivity contribution in [1.29, 1.82) is 0 Å². The highest BCUT2D eigenvalue weighted by molar-refractivity contribution is 7.19. The summed E-state index contributed by atoms with van der Waals surface area (Å²) >= 11 is 1.65. The van der Waals surface area contributed by atoms with Gasteiger partial charge in [-0.15, -0.1) is 11.3 Å². The van der Waals surface area contributed by atoms with E-state index in [0.717, 1.165) is 27.1 Å². The van der Waals surface area contributed by atoms with Gasteiger partial charge in [-0.1, -0.05) is 6.07 Å². The topological polar surface area (TPSA) is 21.3 Å². The zero-order valence-electron chi connectivity index (χ0n) is 12.5. The van der Waals surface area contributed by atoms with Gasteiger partial charge in [0.2, 0.25) is 0 Å². The molecule has 0 saturated carbocycles. The molecule has 2 rings (SSSR count). The number of halogens is 1. The van der Waals surface area contributed by atoms with E-state index in [1.807, 2.05) is 13.0 Å². The monoisotopic (exact) mass is 295 g/mol. The van der Waals surface area contributed by atoms with Crippen LogP contribution in [0.2, 0.25) is 0 Å². The van der Waals surface area contributed by atoms with Crippen molar-refractivity contribution >= 4 is 21.4 Å². The van der Waals surface area contributed by atoms with Gasteiger partial charge in [0.15, 0.2) is 0 Å². The third-order valence-corrected chi connectivity index (χ3v) is 4.27. The molecule has 1 aromatic heterocycles. The smallest absolute Gasteiger partial charge is 0.132 e. The highest BCUT2D eigenvalue weighted by atomic mass is 32.1. The molecule has 1 N–H and O–H groups in total. The molecule has 20 heavy (non-hydrogen) atoms. The largest absolute Gasteiger partial charge is 0.377 e. The molecule has 0 aliphatic carbocycles. The van der Waals surface area contributed by atoms with Gasteiger partial charge in [0.25, 0.3) is 0 Å². The van der Waals surface area contributed by atoms with Crippen molar-refractivity contribution in [1.82, 2.24) is 5.32 Å². The van der Waals surface area contributed by atoms with Crippen LogP contribution in [0.1, 0.15) is 38.1 Å². The van der Waals surface area contributed by atoms with Crippen LogP contribution in [-0.2, 0) is 17.9 Å². The highest BCUT2D eigenvalue weighted by Gasteiger charge is 2.17. The molecule has 0 aliphatic rings. The van der Waals surface area contributed by atoms with Crippen LogP contribution in [0, 0.1) is 5.82 Å². The summed E-state index contributed by atoms with van der Waals surface area (Å²) in [5.74, 6) is -0.157. The lowest BCUT2D eigenvalue weighted by molar-refractivity contribution is 0.134. The minimum atomic E-state index is -0.157. The minimum absolute atomic E-state index is 0.0393. The normalized spacial score (nSPS) is 12.2. The molecule has 1 aromatic carbocycles. The molecule has 0 bridgehead atoms. The minimum Gasteiger partial charge on any atom is -0.377 e. The van der Waals surface area contributed by atoms with Crippen molar-refractivity contribution in [2.45, 2.75) is 46.4 Å². The fraction of sp³-hybridized carbons (Fsp3) is 0.500. The second kappa shape index (κ2) is 6.20.